The smallest absolute Gasteiger partial charge is 0.139 e. The van der Waals surface area contributed by atoms with Gasteiger partial charge in [0.15, 0.2) is 0 Å². The standard InChI is InChI=1S/C16H18N4O2/c1-10-15(11(2)21-17-10)14-7-4-8-20(14)9-12-5-3-6-13-16(12)19-22-18-13/h3,5-6,14H,4,7-9H2,1-2H3/t14-/m1/s1. The quantitative estimate of drug-likeness (QED) is 0.740. The minimum atomic E-state index is 0.362. The van der Waals surface area contributed by atoms with E-state index in [1.165, 1.54) is 12.0 Å². The van der Waals surface area contributed by atoms with Gasteiger partial charge in [-0.1, -0.05) is 17.3 Å². The zero-order chi connectivity index (χ0) is 15.1. The van der Waals surface area contributed by atoms with E-state index < -0.39 is 0 Å². The maximum absolute atomic E-state index is 5.35. The van der Waals surface area contributed by atoms with Crippen molar-refractivity contribution in [2.45, 2.75) is 39.3 Å². The molecule has 0 bridgehead atoms. The molecule has 6 heteroatoms. The summed E-state index contributed by atoms with van der Waals surface area (Å²) in [6.45, 7) is 5.91. The Morgan fingerprint density at radius 3 is 2.95 bits per heavy atom. The molecule has 6 nitrogen and oxygen atoms in total. The highest BCUT2D eigenvalue weighted by molar-refractivity contribution is 5.76. The average molecular weight is 298 g/mol. The van der Waals surface area contributed by atoms with Gasteiger partial charge in [0.05, 0.1) is 5.69 Å². The summed E-state index contributed by atoms with van der Waals surface area (Å²) >= 11 is 0. The number of aryl methyl sites for hydroxylation is 2. The van der Waals surface area contributed by atoms with Crippen LogP contribution < -0.4 is 0 Å². The van der Waals surface area contributed by atoms with Gasteiger partial charge in [-0.05, 0) is 55.2 Å². The van der Waals surface area contributed by atoms with Gasteiger partial charge in [-0.25, -0.2) is 4.63 Å². The van der Waals surface area contributed by atoms with Crippen LogP contribution >= 0.6 is 0 Å². The third-order valence-corrected chi connectivity index (χ3v) is 4.53. The Balaban J connectivity index is 1.66. The molecule has 1 fully saturated rings. The molecule has 3 aromatic rings. The molecule has 0 N–H and O–H groups in total. The molecule has 1 saturated heterocycles. The van der Waals surface area contributed by atoms with Gasteiger partial charge in [-0.15, -0.1) is 0 Å². The van der Waals surface area contributed by atoms with Crippen LogP contribution in [0.2, 0.25) is 0 Å². The molecule has 4 rings (SSSR count). The van der Waals surface area contributed by atoms with E-state index >= 15 is 0 Å². The van der Waals surface area contributed by atoms with Gasteiger partial charge in [0.1, 0.15) is 16.8 Å². The van der Waals surface area contributed by atoms with Gasteiger partial charge in [0.25, 0.3) is 0 Å². The fourth-order valence-corrected chi connectivity index (χ4v) is 3.52. The highest BCUT2D eigenvalue weighted by Gasteiger charge is 2.31. The van der Waals surface area contributed by atoms with E-state index in [2.05, 4.69) is 26.4 Å². The first-order valence-corrected chi connectivity index (χ1v) is 7.61. The molecule has 3 heterocycles. The monoisotopic (exact) mass is 298 g/mol. The lowest BCUT2D eigenvalue weighted by Gasteiger charge is -2.24. The van der Waals surface area contributed by atoms with Crippen molar-refractivity contribution < 1.29 is 9.15 Å². The SMILES string of the molecule is Cc1noc(C)c1[C@H]1CCCN1Cc1cccc2nonc12. The molecule has 2 aromatic heterocycles. The zero-order valence-electron chi connectivity index (χ0n) is 12.7. The van der Waals surface area contributed by atoms with Crippen LogP contribution in [0.3, 0.4) is 0 Å². The Labute approximate surface area is 128 Å². The summed E-state index contributed by atoms with van der Waals surface area (Å²) in [6.07, 6.45) is 2.32. The van der Waals surface area contributed by atoms with Crippen LogP contribution in [0.25, 0.3) is 11.0 Å². The molecular formula is C16H18N4O2. The molecule has 114 valence electrons. The molecule has 22 heavy (non-hydrogen) atoms. The van der Waals surface area contributed by atoms with Crippen LogP contribution in [0.1, 0.15) is 41.5 Å². The Bertz CT molecular complexity index is 788. The number of nitrogens with zero attached hydrogens (tertiary/aromatic N) is 4. The summed E-state index contributed by atoms with van der Waals surface area (Å²) in [5.74, 6) is 0.927. The van der Waals surface area contributed by atoms with Crippen LogP contribution in [-0.4, -0.2) is 26.9 Å². The summed E-state index contributed by atoms with van der Waals surface area (Å²) in [4.78, 5) is 2.47. The zero-order valence-corrected chi connectivity index (χ0v) is 12.7. The first kappa shape index (κ1) is 13.5. The lowest BCUT2D eigenvalue weighted by Crippen LogP contribution is -2.23. The van der Waals surface area contributed by atoms with Crippen LogP contribution in [0.4, 0.5) is 0 Å². The second-order valence-electron chi connectivity index (χ2n) is 5.92. The minimum Gasteiger partial charge on any atom is -0.361 e. The Kier molecular flexibility index (Phi) is 3.18. The first-order valence-electron chi connectivity index (χ1n) is 7.61. The van der Waals surface area contributed by atoms with Gasteiger partial charge in [0.2, 0.25) is 0 Å². The fraction of sp³-hybridized carbons (Fsp3) is 0.438. The van der Waals surface area contributed by atoms with Crippen LogP contribution in [0.15, 0.2) is 27.4 Å². The van der Waals surface area contributed by atoms with Gasteiger partial charge < -0.3 is 4.52 Å². The number of hydrogen-bond acceptors (Lipinski definition) is 6. The van der Waals surface area contributed by atoms with E-state index in [1.807, 2.05) is 26.0 Å². The molecule has 0 amide bonds. The largest absolute Gasteiger partial charge is 0.361 e. The second kappa shape index (κ2) is 5.21. The molecule has 0 radical (unpaired) electrons. The Morgan fingerprint density at radius 2 is 2.14 bits per heavy atom. The van der Waals surface area contributed by atoms with Crippen molar-refractivity contribution in [2.75, 3.05) is 6.54 Å². The highest BCUT2D eigenvalue weighted by atomic mass is 16.6. The van der Waals surface area contributed by atoms with Crippen molar-refractivity contribution in [1.82, 2.24) is 20.4 Å². The van der Waals surface area contributed by atoms with Crippen molar-refractivity contribution in [2.24, 2.45) is 0 Å². The molecule has 1 aromatic carbocycles. The van der Waals surface area contributed by atoms with E-state index in [4.69, 9.17) is 9.15 Å². The van der Waals surface area contributed by atoms with Gasteiger partial charge in [-0.2, -0.15) is 0 Å². The molecule has 0 saturated carbocycles. The number of fused-ring (bicyclic) bond motifs is 1. The highest BCUT2D eigenvalue weighted by Crippen LogP contribution is 2.36. The van der Waals surface area contributed by atoms with Gasteiger partial charge >= 0.3 is 0 Å². The van der Waals surface area contributed by atoms with Crippen molar-refractivity contribution >= 4 is 11.0 Å². The van der Waals surface area contributed by atoms with Crippen LogP contribution in [0.5, 0.6) is 0 Å². The topological polar surface area (TPSA) is 68.2 Å². The van der Waals surface area contributed by atoms with Crippen molar-refractivity contribution in [3.63, 3.8) is 0 Å². The first-order chi connectivity index (χ1) is 10.7. The average Bonchev–Trinajstić information content (AvgIpc) is 3.21. The Morgan fingerprint density at radius 1 is 1.23 bits per heavy atom. The van der Waals surface area contributed by atoms with Gasteiger partial charge in [0, 0.05) is 18.2 Å². The van der Waals surface area contributed by atoms with E-state index in [1.54, 1.807) is 0 Å². The number of rotatable bonds is 3. The van der Waals surface area contributed by atoms with Crippen molar-refractivity contribution in [3.05, 3.63) is 40.8 Å². The third kappa shape index (κ3) is 2.11. The molecular weight excluding hydrogens is 280 g/mol. The normalized spacial score (nSPS) is 19.3. The summed E-state index contributed by atoms with van der Waals surface area (Å²) in [5, 5.41) is 12.1. The summed E-state index contributed by atoms with van der Waals surface area (Å²) < 4.78 is 10.2. The number of hydrogen-bond donors (Lipinski definition) is 0. The van der Waals surface area contributed by atoms with Crippen LogP contribution in [0, 0.1) is 13.8 Å². The molecule has 1 atom stereocenters. The van der Waals surface area contributed by atoms with E-state index in [9.17, 15) is 0 Å². The lowest BCUT2D eigenvalue weighted by molar-refractivity contribution is 0.246. The molecule has 0 aliphatic carbocycles. The summed E-state index contributed by atoms with van der Waals surface area (Å²) in [7, 11) is 0. The predicted molar refractivity (Wildman–Crippen MR) is 80.2 cm³/mol. The van der Waals surface area contributed by atoms with E-state index in [0.29, 0.717) is 6.04 Å². The Hall–Kier alpha value is -2.21. The number of benzene rings is 1. The molecule has 0 unspecified atom stereocenters. The summed E-state index contributed by atoms with van der Waals surface area (Å²) in [6, 6.07) is 6.38. The molecule has 1 aliphatic heterocycles. The number of likely N-dealkylation sites (tertiary alicyclic amines) is 1. The van der Waals surface area contributed by atoms with Crippen molar-refractivity contribution in [1.29, 1.82) is 0 Å². The van der Waals surface area contributed by atoms with Crippen molar-refractivity contribution in [3.8, 4) is 0 Å². The van der Waals surface area contributed by atoms with Gasteiger partial charge in [-0.3, -0.25) is 4.90 Å². The maximum atomic E-state index is 5.35. The van der Waals surface area contributed by atoms with E-state index in [0.717, 1.165) is 47.6 Å². The minimum absolute atomic E-state index is 0.362. The van der Waals surface area contributed by atoms with E-state index in [-0.39, 0.29) is 0 Å². The third-order valence-electron chi connectivity index (χ3n) is 4.53. The second-order valence-corrected chi connectivity index (χ2v) is 5.92. The van der Waals surface area contributed by atoms with Crippen LogP contribution in [-0.2, 0) is 6.54 Å². The maximum Gasteiger partial charge on any atom is 0.139 e. The number of aromatic nitrogens is 3. The predicted octanol–water partition coefficient (Wildman–Crippen LogP) is 3.16. The summed E-state index contributed by atoms with van der Waals surface area (Å²) in [5.41, 5.74) is 5.05. The lowest BCUT2D eigenvalue weighted by atomic mass is 10.0. The fourth-order valence-electron chi connectivity index (χ4n) is 3.52. The molecule has 1 aliphatic rings. The molecule has 0 spiro atoms.